The number of nitrogens with one attached hydrogen (secondary N) is 3. The Labute approximate surface area is 170 Å². The van der Waals surface area contributed by atoms with E-state index in [9.17, 15) is 14.0 Å². The van der Waals surface area contributed by atoms with Crippen molar-refractivity contribution in [1.29, 1.82) is 5.26 Å². The highest BCUT2D eigenvalue weighted by Crippen LogP contribution is 2.33. The van der Waals surface area contributed by atoms with Crippen LogP contribution in [0.2, 0.25) is 0 Å². The molecule has 2 amide bonds. The van der Waals surface area contributed by atoms with E-state index in [0.29, 0.717) is 5.57 Å². The summed E-state index contributed by atoms with van der Waals surface area (Å²) in [5.74, 6) is -1.59. The lowest BCUT2D eigenvalue weighted by molar-refractivity contribution is -0.127. The van der Waals surface area contributed by atoms with E-state index >= 15 is 0 Å². The molecule has 3 heterocycles. The van der Waals surface area contributed by atoms with Crippen molar-refractivity contribution >= 4 is 23.7 Å². The second kappa shape index (κ2) is 8.48. The summed E-state index contributed by atoms with van der Waals surface area (Å²) < 4.78 is 18.4. The second-order valence-electron chi connectivity index (χ2n) is 8.33. The Morgan fingerprint density at radius 3 is 2.83 bits per heavy atom. The summed E-state index contributed by atoms with van der Waals surface area (Å²) in [7, 11) is 0. The zero-order valence-electron chi connectivity index (χ0n) is 17.3. The zero-order valence-corrected chi connectivity index (χ0v) is 17.3. The van der Waals surface area contributed by atoms with Gasteiger partial charge < -0.3 is 16.0 Å². The molecule has 0 aromatic rings. The predicted octanol–water partition coefficient (Wildman–Crippen LogP) is 0.401. The van der Waals surface area contributed by atoms with Gasteiger partial charge in [0.1, 0.15) is 12.0 Å². The second-order valence-corrected chi connectivity index (χ2v) is 8.33. The van der Waals surface area contributed by atoms with Crippen LogP contribution in [-0.4, -0.2) is 54.6 Å². The number of hydrogen-bond acceptors (Lipinski definition) is 4. The van der Waals surface area contributed by atoms with Crippen LogP contribution < -0.4 is 20.6 Å². The molecule has 0 bridgehead atoms. The molecule has 0 aromatic carbocycles. The minimum atomic E-state index is -1.37. The third-order valence-corrected chi connectivity index (χ3v) is 6.36. The van der Waals surface area contributed by atoms with E-state index in [-0.39, 0.29) is 41.9 Å². The van der Waals surface area contributed by atoms with E-state index in [4.69, 9.17) is 5.26 Å². The van der Waals surface area contributed by atoms with Gasteiger partial charge in [-0.3, -0.25) is 9.59 Å². The third-order valence-electron chi connectivity index (χ3n) is 6.36. The normalized spacial score (nSPS) is 33.7. The maximum atomic E-state index is 14.4. The Morgan fingerprint density at radius 1 is 1.45 bits per heavy atom. The van der Waals surface area contributed by atoms with Crippen LogP contribution in [0.25, 0.3) is 0 Å². The number of nitriles is 1. The highest BCUT2D eigenvalue weighted by atomic mass is 19.1. The molecule has 0 aliphatic carbocycles. The fraction of sp³-hybridized carbons (Fsp3) is 0.667. The molecule has 7 atom stereocenters. The van der Waals surface area contributed by atoms with Gasteiger partial charge in [0, 0.05) is 30.0 Å². The van der Waals surface area contributed by atoms with Crippen LogP contribution in [0, 0.1) is 29.1 Å². The smallest absolute Gasteiger partial charge is 0.335 e. The van der Waals surface area contributed by atoms with Gasteiger partial charge in [0.25, 0.3) is 6.21 Å². The van der Waals surface area contributed by atoms with Gasteiger partial charge in [0.2, 0.25) is 18.0 Å². The highest BCUT2D eigenvalue weighted by Gasteiger charge is 2.42. The van der Waals surface area contributed by atoms with Gasteiger partial charge in [0.05, 0.1) is 12.0 Å². The van der Waals surface area contributed by atoms with E-state index in [2.05, 4.69) is 27.5 Å². The summed E-state index contributed by atoms with van der Waals surface area (Å²) in [6.07, 6.45) is 0.965. The Balaban J connectivity index is 1.77. The topological polar surface area (TPSA) is 108 Å². The summed E-state index contributed by atoms with van der Waals surface area (Å²) >= 11 is 0. The third kappa shape index (κ3) is 4.12. The molecule has 0 radical (unpaired) electrons. The molecule has 0 aromatic heterocycles. The van der Waals surface area contributed by atoms with E-state index in [1.807, 2.05) is 13.0 Å². The van der Waals surface area contributed by atoms with Gasteiger partial charge in [-0.05, 0) is 40.7 Å². The molecule has 0 saturated carbocycles. The Morgan fingerprint density at radius 2 is 2.17 bits per heavy atom. The fourth-order valence-electron chi connectivity index (χ4n) is 4.78. The average molecular weight is 402 g/mol. The first kappa shape index (κ1) is 21.2. The molecule has 29 heavy (non-hydrogen) atoms. The van der Waals surface area contributed by atoms with Crippen molar-refractivity contribution in [2.45, 2.75) is 64.8 Å². The number of alkyl halides is 1. The molecule has 1 saturated heterocycles. The summed E-state index contributed by atoms with van der Waals surface area (Å²) in [6, 6.07) is 1.67. The van der Waals surface area contributed by atoms with Crippen LogP contribution in [0.3, 0.4) is 0 Å². The minimum absolute atomic E-state index is 0.0473. The quantitative estimate of drug-likeness (QED) is 0.592. The monoisotopic (exact) mass is 402 g/mol. The molecule has 3 N–H and O–H groups in total. The number of fused-ring (bicyclic) bond motifs is 1. The summed E-state index contributed by atoms with van der Waals surface area (Å²) in [5, 5.41) is 18.2. The first-order chi connectivity index (χ1) is 13.7. The van der Waals surface area contributed by atoms with Crippen LogP contribution in [0.5, 0.6) is 0 Å². The molecular weight excluding hydrogens is 373 g/mol. The lowest BCUT2D eigenvalue weighted by Crippen LogP contribution is -2.58. The summed E-state index contributed by atoms with van der Waals surface area (Å²) in [6.45, 7) is 8.25. The van der Waals surface area contributed by atoms with Crippen molar-refractivity contribution in [3.63, 3.8) is 0 Å². The van der Waals surface area contributed by atoms with E-state index in [1.54, 1.807) is 13.8 Å². The molecule has 156 valence electrons. The van der Waals surface area contributed by atoms with Crippen molar-refractivity contribution in [2.24, 2.45) is 17.8 Å². The number of nitrogens with zero attached hydrogens (tertiary/aromatic N) is 2. The van der Waals surface area contributed by atoms with Gasteiger partial charge in [-0.25, -0.2) is 4.39 Å². The van der Waals surface area contributed by atoms with Crippen LogP contribution in [0.4, 0.5) is 4.39 Å². The molecule has 7 nitrogen and oxygen atoms in total. The minimum Gasteiger partial charge on any atom is -0.349 e. The van der Waals surface area contributed by atoms with Crippen LogP contribution >= 0.6 is 0 Å². The highest BCUT2D eigenvalue weighted by molar-refractivity contribution is 6.03. The van der Waals surface area contributed by atoms with Crippen molar-refractivity contribution < 1.29 is 14.0 Å². The first-order valence-corrected chi connectivity index (χ1v) is 10.2. The molecule has 3 rings (SSSR count). The molecule has 8 heteroatoms. The largest absolute Gasteiger partial charge is 0.349 e. The maximum absolute atomic E-state index is 14.4. The number of carbonyl (C=O) groups is 2. The van der Waals surface area contributed by atoms with E-state index in [0.717, 1.165) is 18.5 Å². The number of piperidine rings is 1. The van der Waals surface area contributed by atoms with E-state index < -0.39 is 24.0 Å². The molecule has 3 aliphatic heterocycles. The average Bonchev–Trinajstić information content (AvgIpc) is 2.67. The zero-order chi connectivity index (χ0) is 21.3. The lowest BCUT2D eigenvalue weighted by Gasteiger charge is -2.43. The maximum Gasteiger partial charge on any atom is 0.335 e. The molecule has 5 unspecified atom stereocenters. The molecule has 1 fully saturated rings. The van der Waals surface area contributed by atoms with Gasteiger partial charge >= 0.3 is 5.71 Å². The predicted molar refractivity (Wildman–Crippen MR) is 109 cm³/mol. The first-order valence-electron chi connectivity index (χ1n) is 10.2. The lowest BCUT2D eigenvalue weighted by atomic mass is 9.75. The Bertz CT molecular complexity index is 838. The number of hydrogen-bond donors (Lipinski definition) is 3. The van der Waals surface area contributed by atoms with Crippen LogP contribution in [0.1, 0.15) is 40.5 Å². The number of halogens is 1. The van der Waals surface area contributed by atoms with Gasteiger partial charge in [-0.15, -0.1) is 4.67 Å². The molecular formula is C21H29FN5O2+. The van der Waals surface area contributed by atoms with Crippen molar-refractivity contribution in [3.05, 3.63) is 11.1 Å². The SMILES string of the molecule is CC1=C([C@@H](C)C(=O)N[C@@H](C)C2=[N+]=CC(C#N)CC2F)C(=O)NC2CCNC(C)C12. The van der Waals surface area contributed by atoms with Gasteiger partial charge in [-0.1, -0.05) is 5.57 Å². The summed E-state index contributed by atoms with van der Waals surface area (Å²) in [4.78, 5) is 25.6. The van der Waals surface area contributed by atoms with Crippen molar-refractivity contribution in [1.82, 2.24) is 20.6 Å². The van der Waals surface area contributed by atoms with E-state index in [1.165, 1.54) is 6.21 Å². The molecule has 3 aliphatic rings. The molecule has 0 spiro atoms. The van der Waals surface area contributed by atoms with Crippen molar-refractivity contribution in [2.75, 3.05) is 6.54 Å². The van der Waals surface area contributed by atoms with Gasteiger partial charge in [0.15, 0.2) is 0 Å². The standard InChI is InChI=1S/C21H28FN5O2/c1-10-17(21(29)27-16-5-6-24-12(3)18(10)16)11(2)20(28)26-13(4)19-15(22)7-14(8-23)9-25-19/h9,11-16,18,24H,5-7H2,1-4H3,(H-,26,27,28,29)/p+1/t11-,12?,13+,14?,15?,16?,18?/m1/s1. The van der Waals surface area contributed by atoms with Crippen LogP contribution in [-0.2, 0) is 9.59 Å². The number of amides is 2. The Kier molecular flexibility index (Phi) is 6.21. The number of rotatable bonds is 4. The summed E-state index contributed by atoms with van der Waals surface area (Å²) in [5.41, 5.74) is 1.64. The Hall–Kier alpha value is -2.49. The van der Waals surface area contributed by atoms with Gasteiger partial charge in [-0.2, -0.15) is 5.26 Å². The number of carbonyl (C=O) groups excluding carboxylic acids is 2. The van der Waals surface area contributed by atoms with Crippen molar-refractivity contribution in [3.8, 4) is 6.07 Å². The fourth-order valence-corrected chi connectivity index (χ4v) is 4.78. The van der Waals surface area contributed by atoms with Crippen LogP contribution in [0.15, 0.2) is 11.1 Å².